The average molecular weight is 463 g/mol. The van der Waals surface area contributed by atoms with E-state index >= 15 is 0 Å². The lowest BCUT2D eigenvalue weighted by Crippen LogP contribution is -2.48. The van der Waals surface area contributed by atoms with E-state index < -0.39 is 0 Å². The Kier molecular flexibility index (Phi) is 8.35. The zero-order valence-electron chi connectivity index (χ0n) is 17.9. The number of nitrogens with zero attached hydrogens (tertiary/aromatic N) is 1. The van der Waals surface area contributed by atoms with E-state index in [-0.39, 0.29) is 24.0 Å². The minimum absolute atomic E-state index is 0.00324. The van der Waals surface area contributed by atoms with Crippen LogP contribution in [-0.2, 0) is 22.5 Å². The fraction of sp³-hybridized carbons (Fsp3) is 0.417. The lowest BCUT2D eigenvalue weighted by Gasteiger charge is -2.35. The second kappa shape index (κ2) is 11.0. The number of morpholine rings is 1. The first-order valence-electron chi connectivity index (χ1n) is 10.6. The lowest BCUT2D eigenvalue weighted by molar-refractivity contribution is -0.121. The highest BCUT2D eigenvalue weighted by Gasteiger charge is 2.26. The summed E-state index contributed by atoms with van der Waals surface area (Å²) in [5.74, 6) is 0.0105. The molecule has 0 saturated carbocycles. The molecule has 1 N–H and O–H groups in total. The maximum atomic E-state index is 12.7. The Labute approximate surface area is 193 Å². The molecule has 0 radical (unpaired) electrons. The fourth-order valence-electron chi connectivity index (χ4n) is 3.73. The summed E-state index contributed by atoms with van der Waals surface area (Å²) in [6, 6.07) is 12.9. The van der Waals surface area contributed by atoms with E-state index in [1.807, 2.05) is 55.1 Å². The Balaban J connectivity index is 1.42. The van der Waals surface area contributed by atoms with Gasteiger partial charge in [0.05, 0.1) is 22.3 Å². The zero-order valence-corrected chi connectivity index (χ0v) is 19.4. The summed E-state index contributed by atoms with van der Waals surface area (Å²) in [5, 5.41) is 3.99. The van der Waals surface area contributed by atoms with Gasteiger partial charge < -0.3 is 15.0 Å². The Hall–Kier alpha value is -2.08. The topological polar surface area (TPSA) is 58.6 Å². The highest BCUT2D eigenvalue weighted by Crippen LogP contribution is 2.23. The predicted molar refractivity (Wildman–Crippen MR) is 124 cm³/mol. The van der Waals surface area contributed by atoms with E-state index in [0.29, 0.717) is 41.7 Å². The van der Waals surface area contributed by atoms with Crippen molar-refractivity contribution >= 4 is 35.0 Å². The molecule has 2 unspecified atom stereocenters. The molecule has 0 aliphatic carbocycles. The number of nitrogens with one attached hydrogen (secondary N) is 1. The minimum atomic E-state index is -0.00324. The van der Waals surface area contributed by atoms with Gasteiger partial charge in [-0.25, -0.2) is 0 Å². The van der Waals surface area contributed by atoms with Crippen molar-refractivity contribution in [1.82, 2.24) is 10.2 Å². The summed E-state index contributed by atoms with van der Waals surface area (Å²) in [5.41, 5.74) is 2.67. The number of rotatable bonds is 7. The van der Waals surface area contributed by atoms with Crippen molar-refractivity contribution < 1.29 is 14.3 Å². The number of carbonyl (C=O) groups excluding carboxylic acids is 2. The van der Waals surface area contributed by atoms with Crippen LogP contribution in [0.15, 0.2) is 42.5 Å². The van der Waals surface area contributed by atoms with Gasteiger partial charge in [-0.05, 0) is 62.1 Å². The van der Waals surface area contributed by atoms with Crippen molar-refractivity contribution in [1.29, 1.82) is 0 Å². The summed E-state index contributed by atoms with van der Waals surface area (Å²) < 4.78 is 5.69. The maximum absolute atomic E-state index is 12.7. The summed E-state index contributed by atoms with van der Waals surface area (Å²) in [6.07, 6.45) is 2.01. The van der Waals surface area contributed by atoms with Crippen LogP contribution in [0.4, 0.5) is 0 Å². The largest absolute Gasteiger partial charge is 0.372 e. The third kappa shape index (κ3) is 6.96. The lowest BCUT2D eigenvalue weighted by atomic mass is 10.1. The Morgan fingerprint density at radius 1 is 1.00 bits per heavy atom. The van der Waals surface area contributed by atoms with E-state index in [1.165, 1.54) is 0 Å². The number of hydrogen-bond donors (Lipinski definition) is 1. The van der Waals surface area contributed by atoms with Gasteiger partial charge in [0.2, 0.25) is 5.91 Å². The first-order chi connectivity index (χ1) is 14.8. The molecule has 5 nitrogen and oxygen atoms in total. The molecular weight excluding hydrogens is 435 g/mol. The number of ether oxygens (including phenoxy) is 1. The molecule has 2 aromatic rings. The van der Waals surface area contributed by atoms with E-state index in [4.69, 9.17) is 27.9 Å². The molecule has 1 fully saturated rings. The molecular formula is C24H28Cl2N2O3. The van der Waals surface area contributed by atoms with Gasteiger partial charge in [-0.15, -0.1) is 0 Å². The second-order valence-electron chi connectivity index (χ2n) is 8.04. The Bertz CT molecular complexity index is 908. The van der Waals surface area contributed by atoms with Gasteiger partial charge in [0.25, 0.3) is 5.91 Å². The highest BCUT2D eigenvalue weighted by atomic mass is 35.5. The van der Waals surface area contributed by atoms with Crippen LogP contribution in [0, 0.1) is 0 Å². The van der Waals surface area contributed by atoms with Crippen LogP contribution < -0.4 is 5.32 Å². The Morgan fingerprint density at radius 3 is 2.29 bits per heavy atom. The molecule has 1 aliphatic rings. The summed E-state index contributed by atoms with van der Waals surface area (Å²) >= 11 is 11.9. The van der Waals surface area contributed by atoms with Gasteiger partial charge >= 0.3 is 0 Å². The van der Waals surface area contributed by atoms with Crippen molar-refractivity contribution in [3.63, 3.8) is 0 Å². The molecule has 2 atom stereocenters. The van der Waals surface area contributed by atoms with Crippen LogP contribution in [0.2, 0.25) is 10.0 Å². The van der Waals surface area contributed by atoms with Gasteiger partial charge in [-0.1, -0.05) is 41.4 Å². The molecule has 0 spiro atoms. The van der Waals surface area contributed by atoms with Crippen molar-refractivity contribution in [3.05, 3.63) is 69.2 Å². The number of hydrogen-bond acceptors (Lipinski definition) is 3. The molecule has 2 aromatic carbocycles. The number of amides is 2. The van der Waals surface area contributed by atoms with Crippen LogP contribution in [0.1, 0.15) is 48.2 Å². The van der Waals surface area contributed by atoms with Gasteiger partial charge in [0, 0.05) is 31.6 Å². The highest BCUT2D eigenvalue weighted by molar-refractivity contribution is 6.42. The molecule has 7 heteroatoms. The van der Waals surface area contributed by atoms with E-state index in [9.17, 15) is 9.59 Å². The van der Waals surface area contributed by atoms with Crippen molar-refractivity contribution in [2.75, 3.05) is 13.1 Å². The van der Waals surface area contributed by atoms with Crippen LogP contribution in [0.25, 0.3) is 0 Å². The monoisotopic (exact) mass is 462 g/mol. The summed E-state index contributed by atoms with van der Waals surface area (Å²) in [4.78, 5) is 26.7. The van der Waals surface area contributed by atoms with Crippen LogP contribution >= 0.6 is 23.2 Å². The molecule has 0 bridgehead atoms. The van der Waals surface area contributed by atoms with Crippen molar-refractivity contribution in [3.8, 4) is 0 Å². The smallest absolute Gasteiger partial charge is 0.254 e. The van der Waals surface area contributed by atoms with Crippen molar-refractivity contribution in [2.45, 2.75) is 51.9 Å². The fourth-order valence-corrected chi connectivity index (χ4v) is 4.05. The molecule has 1 heterocycles. The van der Waals surface area contributed by atoms with Crippen molar-refractivity contribution in [2.24, 2.45) is 0 Å². The zero-order chi connectivity index (χ0) is 22.4. The first-order valence-corrected chi connectivity index (χ1v) is 11.3. The van der Waals surface area contributed by atoms with E-state index in [0.717, 1.165) is 24.0 Å². The molecule has 166 valence electrons. The quantitative estimate of drug-likeness (QED) is 0.637. The molecule has 1 aliphatic heterocycles. The first kappa shape index (κ1) is 23.6. The average Bonchev–Trinajstić information content (AvgIpc) is 2.74. The third-order valence-electron chi connectivity index (χ3n) is 5.25. The third-order valence-corrected chi connectivity index (χ3v) is 5.99. The normalized spacial score (nSPS) is 18.6. The molecule has 1 saturated heterocycles. The van der Waals surface area contributed by atoms with Gasteiger partial charge in [-0.2, -0.15) is 0 Å². The summed E-state index contributed by atoms with van der Waals surface area (Å²) in [6.45, 7) is 5.59. The number of carbonyl (C=O) groups is 2. The van der Waals surface area contributed by atoms with E-state index in [2.05, 4.69) is 5.32 Å². The predicted octanol–water partition coefficient (Wildman–Crippen LogP) is 4.88. The van der Waals surface area contributed by atoms with Crippen LogP contribution in [0.3, 0.4) is 0 Å². The molecule has 31 heavy (non-hydrogen) atoms. The SMILES string of the molecule is CC1CN(C(=O)c2ccc(CNC(=O)CCCc3ccc(Cl)c(Cl)c3)cc2)CC(C)O1. The van der Waals surface area contributed by atoms with Crippen LogP contribution in [-0.4, -0.2) is 42.0 Å². The van der Waals surface area contributed by atoms with Gasteiger partial charge in [0.1, 0.15) is 0 Å². The van der Waals surface area contributed by atoms with E-state index in [1.54, 1.807) is 6.07 Å². The van der Waals surface area contributed by atoms with Gasteiger partial charge in [-0.3, -0.25) is 9.59 Å². The molecule has 3 rings (SSSR count). The van der Waals surface area contributed by atoms with Gasteiger partial charge in [0.15, 0.2) is 0 Å². The number of halogens is 2. The molecule has 0 aromatic heterocycles. The maximum Gasteiger partial charge on any atom is 0.254 e. The standard InChI is InChI=1S/C24H28Cl2N2O3/c1-16-14-28(15-17(2)31-16)24(30)20-9-6-19(7-10-20)13-27-23(29)5-3-4-18-8-11-21(25)22(26)12-18/h6-12,16-17H,3-5,13-15H2,1-2H3,(H,27,29). The molecule has 2 amide bonds. The number of benzene rings is 2. The van der Waals surface area contributed by atoms with Crippen LogP contribution in [0.5, 0.6) is 0 Å². The minimum Gasteiger partial charge on any atom is -0.372 e. The Morgan fingerprint density at radius 2 is 1.65 bits per heavy atom. The number of aryl methyl sites for hydroxylation is 1. The summed E-state index contributed by atoms with van der Waals surface area (Å²) in [7, 11) is 0. The second-order valence-corrected chi connectivity index (χ2v) is 8.86.